The van der Waals surface area contributed by atoms with Gasteiger partial charge in [-0.2, -0.15) is 5.10 Å². The van der Waals surface area contributed by atoms with Gasteiger partial charge in [0.15, 0.2) is 5.65 Å². The first-order valence-electron chi connectivity index (χ1n) is 11.1. The van der Waals surface area contributed by atoms with Crippen molar-refractivity contribution in [3.05, 3.63) is 47.3 Å². The SMILES string of the molecule is CCc1cc(CC)n2nc(-c3ccc(OC)cc3)c(CC(=O)N(CC)C(C)(C)C)c2n1. The van der Waals surface area contributed by atoms with E-state index in [2.05, 4.69) is 40.7 Å². The highest BCUT2D eigenvalue weighted by atomic mass is 16.5. The number of carbonyl (C=O) groups is 1. The Kier molecular flexibility index (Phi) is 6.68. The monoisotopic (exact) mass is 422 g/mol. The summed E-state index contributed by atoms with van der Waals surface area (Å²) in [6.07, 6.45) is 1.94. The standard InChI is InChI=1S/C25H34N4O2/c1-8-18-15-19(9-2)29-24(26-18)21(16-22(30)28(10-3)25(4,5)6)23(27-29)17-11-13-20(31-7)14-12-17/h11-15H,8-10,16H2,1-7H3. The molecule has 166 valence electrons. The smallest absolute Gasteiger partial charge is 0.227 e. The molecule has 3 aromatic rings. The molecule has 0 saturated heterocycles. The molecule has 6 heteroatoms. The van der Waals surface area contributed by atoms with Crippen LogP contribution in [0.15, 0.2) is 30.3 Å². The van der Waals surface area contributed by atoms with Crippen molar-refractivity contribution < 1.29 is 9.53 Å². The number of carbonyl (C=O) groups excluding carboxylic acids is 1. The summed E-state index contributed by atoms with van der Waals surface area (Å²) >= 11 is 0. The zero-order valence-electron chi connectivity index (χ0n) is 19.8. The maximum atomic E-state index is 13.4. The second-order valence-electron chi connectivity index (χ2n) is 8.72. The Morgan fingerprint density at radius 1 is 1.10 bits per heavy atom. The molecular weight excluding hydrogens is 388 g/mol. The van der Waals surface area contributed by atoms with Crippen LogP contribution in [-0.2, 0) is 24.1 Å². The van der Waals surface area contributed by atoms with Gasteiger partial charge in [-0.1, -0.05) is 13.8 Å². The molecule has 3 rings (SSSR count). The molecule has 6 nitrogen and oxygen atoms in total. The number of amides is 1. The molecule has 1 amide bonds. The van der Waals surface area contributed by atoms with E-state index < -0.39 is 0 Å². The fourth-order valence-electron chi connectivity index (χ4n) is 4.03. The molecule has 0 aliphatic carbocycles. The first kappa shape index (κ1) is 22.8. The Morgan fingerprint density at radius 2 is 1.77 bits per heavy atom. The number of aryl methyl sites for hydroxylation is 2. The van der Waals surface area contributed by atoms with Crippen LogP contribution in [0, 0.1) is 0 Å². The van der Waals surface area contributed by atoms with Crippen LogP contribution in [-0.4, -0.2) is 44.6 Å². The maximum Gasteiger partial charge on any atom is 0.227 e. The van der Waals surface area contributed by atoms with Crippen LogP contribution >= 0.6 is 0 Å². The fraction of sp³-hybridized carbons (Fsp3) is 0.480. The van der Waals surface area contributed by atoms with Gasteiger partial charge >= 0.3 is 0 Å². The van der Waals surface area contributed by atoms with Crippen molar-refractivity contribution in [3.8, 4) is 17.0 Å². The molecule has 2 heterocycles. The lowest BCUT2D eigenvalue weighted by Gasteiger charge is -2.35. The van der Waals surface area contributed by atoms with E-state index in [0.29, 0.717) is 6.54 Å². The predicted octanol–water partition coefficient (Wildman–Crippen LogP) is 4.72. The number of fused-ring (bicyclic) bond motifs is 1. The zero-order valence-corrected chi connectivity index (χ0v) is 19.8. The van der Waals surface area contributed by atoms with Gasteiger partial charge in [0.05, 0.1) is 19.2 Å². The molecule has 0 spiro atoms. The van der Waals surface area contributed by atoms with E-state index in [4.69, 9.17) is 14.8 Å². The summed E-state index contributed by atoms with van der Waals surface area (Å²) in [7, 11) is 1.65. The van der Waals surface area contributed by atoms with Gasteiger partial charge in [-0.05, 0) is 70.9 Å². The summed E-state index contributed by atoms with van der Waals surface area (Å²) < 4.78 is 7.22. The number of benzene rings is 1. The molecule has 0 saturated carbocycles. The van der Waals surface area contributed by atoms with Crippen LogP contribution in [0.25, 0.3) is 16.9 Å². The van der Waals surface area contributed by atoms with Crippen LogP contribution in [0.3, 0.4) is 0 Å². The number of nitrogens with zero attached hydrogens (tertiary/aromatic N) is 4. The van der Waals surface area contributed by atoms with Crippen molar-refractivity contribution in [2.45, 2.75) is 66.3 Å². The Labute approximate surface area is 185 Å². The van der Waals surface area contributed by atoms with E-state index in [1.807, 2.05) is 40.6 Å². The van der Waals surface area contributed by atoms with Gasteiger partial charge in [0, 0.05) is 34.6 Å². The third-order valence-electron chi connectivity index (χ3n) is 5.65. The van der Waals surface area contributed by atoms with Crippen molar-refractivity contribution in [2.24, 2.45) is 0 Å². The molecule has 0 bridgehead atoms. The molecule has 0 aliphatic rings. The number of aromatic nitrogens is 3. The van der Waals surface area contributed by atoms with E-state index in [1.54, 1.807) is 7.11 Å². The number of methoxy groups -OCH3 is 1. The highest BCUT2D eigenvalue weighted by Crippen LogP contribution is 2.30. The average Bonchev–Trinajstić information content (AvgIpc) is 3.10. The van der Waals surface area contributed by atoms with Gasteiger partial charge in [-0.25, -0.2) is 9.50 Å². The summed E-state index contributed by atoms with van der Waals surface area (Å²) in [6, 6.07) is 9.93. The number of ether oxygens (including phenoxy) is 1. The number of likely N-dealkylation sites (N-methyl/N-ethyl adjacent to an activating group) is 1. The van der Waals surface area contributed by atoms with E-state index >= 15 is 0 Å². The maximum absolute atomic E-state index is 13.4. The average molecular weight is 423 g/mol. The van der Waals surface area contributed by atoms with Gasteiger partial charge in [-0.15, -0.1) is 0 Å². The van der Waals surface area contributed by atoms with Gasteiger partial charge in [0.25, 0.3) is 0 Å². The summed E-state index contributed by atoms with van der Waals surface area (Å²) in [6.45, 7) is 13.1. The number of hydrogen-bond donors (Lipinski definition) is 0. The Balaban J connectivity index is 2.20. The summed E-state index contributed by atoms with van der Waals surface area (Å²) in [5.41, 5.74) is 5.28. The van der Waals surface area contributed by atoms with E-state index in [-0.39, 0.29) is 17.9 Å². The lowest BCUT2D eigenvalue weighted by atomic mass is 10.0. The molecule has 0 N–H and O–H groups in total. The molecule has 31 heavy (non-hydrogen) atoms. The molecule has 0 unspecified atom stereocenters. The topological polar surface area (TPSA) is 59.7 Å². The van der Waals surface area contributed by atoms with Crippen molar-refractivity contribution >= 4 is 11.6 Å². The molecule has 2 aromatic heterocycles. The highest BCUT2D eigenvalue weighted by molar-refractivity contribution is 5.85. The van der Waals surface area contributed by atoms with Gasteiger partial charge in [-0.3, -0.25) is 4.79 Å². The zero-order chi connectivity index (χ0) is 22.8. The van der Waals surface area contributed by atoms with E-state index in [1.165, 1.54) is 0 Å². The molecule has 0 radical (unpaired) electrons. The third-order valence-corrected chi connectivity index (χ3v) is 5.65. The van der Waals surface area contributed by atoms with Gasteiger partial charge < -0.3 is 9.64 Å². The molecule has 1 aromatic carbocycles. The number of rotatable bonds is 7. The van der Waals surface area contributed by atoms with Crippen molar-refractivity contribution in [1.82, 2.24) is 19.5 Å². The van der Waals surface area contributed by atoms with E-state index in [9.17, 15) is 4.79 Å². The Bertz CT molecular complexity index is 1060. The van der Waals surface area contributed by atoms with Crippen molar-refractivity contribution in [1.29, 1.82) is 0 Å². The van der Waals surface area contributed by atoms with Crippen LogP contribution in [0.2, 0.25) is 0 Å². The second-order valence-corrected chi connectivity index (χ2v) is 8.72. The highest BCUT2D eigenvalue weighted by Gasteiger charge is 2.28. The van der Waals surface area contributed by atoms with Crippen molar-refractivity contribution in [2.75, 3.05) is 13.7 Å². The predicted molar refractivity (Wildman–Crippen MR) is 125 cm³/mol. The summed E-state index contributed by atoms with van der Waals surface area (Å²) in [4.78, 5) is 20.2. The summed E-state index contributed by atoms with van der Waals surface area (Å²) in [5, 5.41) is 4.93. The first-order chi connectivity index (χ1) is 14.7. The fourth-order valence-corrected chi connectivity index (χ4v) is 4.03. The summed E-state index contributed by atoms with van der Waals surface area (Å²) in [5.74, 6) is 0.872. The molecule has 0 fully saturated rings. The molecule has 0 atom stereocenters. The van der Waals surface area contributed by atoms with Gasteiger partial charge in [0.2, 0.25) is 5.91 Å². The second kappa shape index (κ2) is 9.08. The molecule has 0 aliphatic heterocycles. The molecular formula is C25H34N4O2. The van der Waals surface area contributed by atoms with E-state index in [0.717, 1.165) is 52.4 Å². The first-order valence-corrected chi connectivity index (χ1v) is 11.1. The quantitative estimate of drug-likeness (QED) is 0.553. The van der Waals surface area contributed by atoms with Crippen LogP contribution < -0.4 is 4.74 Å². The van der Waals surface area contributed by atoms with Gasteiger partial charge in [0.1, 0.15) is 5.75 Å². The lowest BCUT2D eigenvalue weighted by molar-refractivity contribution is -0.134. The third kappa shape index (κ3) is 4.58. The Morgan fingerprint density at radius 3 is 2.29 bits per heavy atom. The lowest BCUT2D eigenvalue weighted by Crippen LogP contribution is -2.46. The van der Waals surface area contributed by atoms with Crippen LogP contribution in [0.1, 0.15) is 58.5 Å². The number of hydrogen-bond acceptors (Lipinski definition) is 4. The van der Waals surface area contributed by atoms with Crippen LogP contribution in [0.4, 0.5) is 0 Å². The Hall–Kier alpha value is -2.89. The minimum Gasteiger partial charge on any atom is -0.497 e. The van der Waals surface area contributed by atoms with Crippen molar-refractivity contribution in [3.63, 3.8) is 0 Å². The normalized spacial score (nSPS) is 11.7. The minimum absolute atomic E-state index is 0.0846. The van der Waals surface area contributed by atoms with Crippen LogP contribution in [0.5, 0.6) is 5.75 Å². The largest absolute Gasteiger partial charge is 0.497 e. The minimum atomic E-state index is -0.244.